The molecule has 2 aromatic carbocycles. The molecule has 0 aliphatic carbocycles. The van der Waals surface area contributed by atoms with Gasteiger partial charge in [0.2, 0.25) is 0 Å². The summed E-state index contributed by atoms with van der Waals surface area (Å²) in [7, 11) is 0. The second kappa shape index (κ2) is 9.64. The molecule has 0 atom stereocenters. The largest absolute Gasteiger partial charge is 0.459 e. The number of amides is 1. The van der Waals surface area contributed by atoms with Gasteiger partial charge in [-0.2, -0.15) is 0 Å². The number of rotatable bonds is 6. The molecule has 8 nitrogen and oxygen atoms in total. The van der Waals surface area contributed by atoms with Gasteiger partial charge in [-0.05, 0) is 55.2 Å². The fraction of sp³-hybridized carbons (Fsp3) is 0.292. The maximum absolute atomic E-state index is 13.3. The van der Waals surface area contributed by atoms with Crippen molar-refractivity contribution in [1.29, 1.82) is 0 Å². The monoisotopic (exact) mass is 469 g/mol. The molecule has 2 heterocycles. The number of nitrogens with one attached hydrogen (secondary N) is 1. The Labute approximate surface area is 195 Å². The zero-order valence-electron chi connectivity index (χ0n) is 18.1. The summed E-state index contributed by atoms with van der Waals surface area (Å²) in [5.74, 6) is 1.01. The number of non-ortho nitro benzene ring substituents is 1. The molecule has 0 radical (unpaired) electrons. The minimum absolute atomic E-state index is 0.141. The average Bonchev–Trinajstić information content (AvgIpc) is 3.29. The van der Waals surface area contributed by atoms with E-state index in [0.29, 0.717) is 39.4 Å². The van der Waals surface area contributed by atoms with E-state index in [-0.39, 0.29) is 17.9 Å². The standard InChI is InChI=1S/C24H24ClN3O5/c1-15-8-10-27(11-9-15)22-6-3-17(28(31)32)13-20(22)24(30)26-16-2-5-21(25)19(12-16)23-7-4-18(14-29)33-23/h2-7,12-13,15,29H,8-11,14H2,1H3,(H,26,30). The summed E-state index contributed by atoms with van der Waals surface area (Å²) in [6.07, 6.45) is 2.00. The van der Waals surface area contributed by atoms with Crippen LogP contribution in [0.1, 0.15) is 35.9 Å². The summed E-state index contributed by atoms with van der Waals surface area (Å²) in [6, 6.07) is 12.7. The fourth-order valence-electron chi connectivity index (χ4n) is 3.94. The van der Waals surface area contributed by atoms with Crippen LogP contribution in [-0.4, -0.2) is 29.0 Å². The summed E-state index contributed by atoms with van der Waals surface area (Å²) >= 11 is 6.31. The molecule has 0 unspecified atom stereocenters. The number of anilines is 2. The van der Waals surface area contributed by atoms with Crippen molar-refractivity contribution in [1.82, 2.24) is 0 Å². The predicted molar refractivity (Wildman–Crippen MR) is 127 cm³/mol. The van der Waals surface area contributed by atoms with Gasteiger partial charge in [0, 0.05) is 36.5 Å². The molecule has 1 saturated heterocycles. The maximum atomic E-state index is 13.3. The molecule has 4 rings (SSSR count). The minimum atomic E-state index is -0.505. The Morgan fingerprint density at radius 1 is 1.21 bits per heavy atom. The summed E-state index contributed by atoms with van der Waals surface area (Å²) < 4.78 is 5.56. The van der Waals surface area contributed by atoms with Gasteiger partial charge in [-0.25, -0.2) is 0 Å². The Morgan fingerprint density at radius 2 is 1.97 bits per heavy atom. The Hall–Kier alpha value is -3.36. The number of furan rings is 1. The molecule has 33 heavy (non-hydrogen) atoms. The highest BCUT2D eigenvalue weighted by atomic mass is 35.5. The summed E-state index contributed by atoms with van der Waals surface area (Å²) in [4.78, 5) is 26.2. The van der Waals surface area contributed by atoms with E-state index in [9.17, 15) is 20.0 Å². The van der Waals surface area contributed by atoms with E-state index in [1.807, 2.05) is 0 Å². The van der Waals surface area contributed by atoms with Crippen molar-refractivity contribution in [3.8, 4) is 11.3 Å². The van der Waals surface area contributed by atoms with E-state index in [0.717, 1.165) is 25.9 Å². The van der Waals surface area contributed by atoms with E-state index in [4.69, 9.17) is 16.0 Å². The van der Waals surface area contributed by atoms with Gasteiger partial charge in [-0.3, -0.25) is 14.9 Å². The number of piperidine rings is 1. The maximum Gasteiger partial charge on any atom is 0.270 e. The highest BCUT2D eigenvalue weighted by Crippen LogP contribution is 2.33. The van der Waals surface area contributed by atoms with Crippen LogP contribution in [0.15, 0.2) is 52.9 Å². The molecule has 0 bridgehead atoms. The number of nitro groups is 1. The van der Waals surface area contributed by atoms with Crippen molar-refractivity contribution in [2.75, 3.05) is 23.3 Å². The van der Waals surface area contributed by atoms with Gasteiger partial charge in [0.25, 0.3) is 11.6 Å². The number of carbonyl (C=O) groups is 1. The van der Waals surface area contributed by atoms with Gasteiger partial charge >= 0.3 is 0 Å². The molecule has 172 valence electrons. The van der Waals surface area contributed by atoms with Gasteiger partial charge in [0.1, 0.15) is 18.1 Å². The van der Waals surface area contributed by atoms with E-state index in [2.05, 4.69) is 17.1 Å². The molecule has 1 aliphatic heterocycles. The highest BCUT2D eigenvalue weighted by molar-refractivity contribution is 6.33. The van der Waals surface area contributed by atoms with Crippen LogP contribution >= 0.6 is 11.6 Å². The molecule has 9 heteroatoms. The highest BCUT2D eigenvalue weighted by Gasteiger charge is 2.24. The SMILES string of the molecule is CC1CCN(c2ccc([N+](=O)[O-])cc2C(=O)Nc2ccc(Cl)c(-c3ccc(CO)o3)c2)CC1. The first-order chi connectivity index (χ1) is 15.9. The van der Waals surface area contributed by atoms with E-state index in [1.165, 1.54) is 12.1 Å². The lowest BCUT2D eigenvalue weighted by molar-refractivity contribution is -0.384. The van der Waals surface area contributed by atoms with Gasteiger partial charge in [-0.15, -0.1) is 0 Å². The van der Waals surface area contributed by atoms with Crippen molar-refractivity contribution >= 4 is 34.6 Å². The van der Waals surface area contributed by atoms with Crippen LogP contribution in [0.2, 0.25) is 5.02 Å². The minimum Gasteiger partial charge on any atom is -0.459 e. The molecule has 0 spiro atoms. The smallest absolute Gasteiger partial charge is 0.270 e. The molecule has 1 amide bonds. The lowest BCUT2D eigenvalue weighted by Gasteiger charge is -2.33. The summed E-state index contributed by atoms with van der Waals surface area (Å²) in [5.41, 5.74) is 1.80. The molecular weight excluding hydrogens is 446 g/mol. The van der Waals surface area contributed by atoms with Crippen molar-refractivity contribution in [3.05, 3.63) is 75.0 Å². The Bertz CT molecular complexity index is 1180. The first-order valence-electron chi connectivity index (χ1n) is 10.7. The zero-order valence-corrected chi connectivity index (χ0v) is 18.8. The topological polar surface area (TPSA) is 109 Å². The average molecular weight is 470 g/mol. The number of halogens is 1. The number of nitrogens with zero attached hydrogens (tertiary/aromatic N) is 2. The second-order valence-electron chi connectivity index (χ2n) is 8.20. The quantitative estimate of drug-likeness (QED) is 0.365. The number of aliphatic hydroxyl groups excluding tert-OH is 1. The lowest BCUT2D eigenvalue weighted by Crippen LogP contribution is -2.34. The predicted octanol–water partition coefficient (Wildman–Crippen LogP) is 5.49. The normalized spacial score (nSPS) is 14.3. The van der Waals surface area contributed by atoms with Crippen LogP contribution in [0.5, 0.6) is 0 Å². The number of hydrogen-bond acceptors (Lipinski definition) is 6. The summed E-state index contributed by atoms with van der Waals surface area (Å²) in [5, 5.41) is 23.8. The molecule has 1 fully saturated rings. The fourth-order valence-corrected chi connectivity index (χ4v) is 4.15. The number of benzene rings is 2. The number of carbonyl (C=O) groups excluding carboxylic acids is 1. The van der Waals surface area contributed by atoms with Crippen LogP contribution in [-0.2, 0) is 6.61 Å². The van der Waals surface area contributed by atoms with Gasteiger partial charge < -0.3 is 19.7 Å². The van der Waals surface area contributed by atoms with Gasteiger partial charge in [0.05, 0.1) is 21.2 Å². The zero-order chi connectivity index (χ0) is 23.5. The van der Waals surface area contributed by atoms with Crippen molar-refractivity contribution in [2.45, 2.75) is 26.4 Å². The van der Waals surface area contributed by atoms with Gasteiger partial charge in [0.15, 0.2) is 0 Å². The van der Waals surface area contributed by atoms with Crippen LogP contribution in [0.3, 0.4) is 0 Å². The molecule has 0 saturated carbocycles. The Kier molecular flexibility index (Phi) is 6.67. The molecule has 1 aliphatic rings. The molecular formula is C24H24ClN3O5. The second-order valence-corrected chi connectivity index (χ2v) is 8.61. The molecule has 2 N–H and O–H groups in total. The number of nitro benzene ring substituents is 1. The first-order valence-corrected chi connectivity index (χ1v) is 11.1. The lowest BCUT2D eigenvalue weighted by atomic mass is 9.97. The van der Waals surface area contributed by atoms with Crippen LogP contribution in [0, 0.1) is 16.0 Å². The number of aliphatic hydroxyl groups is 1. The van der Waals surface area contributed by atoms with E-state index < -0.39 is 10.8 Å². The van der Waals surface area contributed by atoms with Crippen LogP contribution < -0.4 is 10.2 Å². The van der Waals surface area contributed by atoms with Crippen LogP contribution in [0.4, 0.5) is 17.1 Å². The van der Waals surface area contributed by atoms with Crippen molar-refractivity contribution < 1.29 is 19.2 Å². The third kappa shape index (κ3) is 5.02. The van der Waals surface area contributed by atoms with Crippen molar-refractivity contribution in [3.63, 3.8) is 0 Å². The summed E-state index contributed by atoms with van der Waals surface area (Å²) in [6.45, 7) is 3.53. The van der Waals surface area contributed by atoms with E-state index in [1.54, 1.807) is 36.4 Å². The molecule has 3 aromatic rings. The molecule has 1 aromatic heterocycles. The number of hydrogen-bond donors (Lipinski definition) is 2. The van der Waals surface area contributed by atoms with E-state index >= 15 is 0 Å². The van der Waals surface area contributed by atoms with Crippen LogP contribution in [0.25, 0.3) is 11.3 Å². The van der Waals surface area contributed by atoms with Crippen molar-refractivity contribution in [2.24, 2.45) is 5.92 Å². The third-order valence-electron chi connectivity index (χ3n) is 5.87. The van der Waals surface area contributed by atoms with Gasteiger partial charge in [-0.1, -0.05) is 18.5 Å². The first kappa shape index (κ1) is 22.8. The Balaban J connectivity index is 1.64. The Morgan fingerprint density at radius 3 is 2.64 bits per heavy atom. The third-order valence-corrected chi connectivity index (χ3v) is 6.20.